The number of amides is 2. The molecule has 2 N–H and O–H groups in total. The van der Waals surface area contributed by atoms with E-state index in [1.165, 1.54) is 0 Å². The number of nitrogens with one attached hydrogen (secondary N) is 2. The number of hydrogen-bond donors (Lipinski definition) is 2. The summed E-state index contributed by atoms with van der Waals surface area (Å²) in [6.45, 7) is 0. The molecule has 0 atom stereocenters. The average molecular weight is 429 g/mol. The summed E-state index contributed by atoms with van der Waals surface area (Å²) in [5, 5.41) is 4.77. The number of halogens is 1. The molecule has 3 aromatic rings. The summed E-state index contributed by atoms with van der Waals surface area (Å²) in [5.41, 5.74) is 7.45. The lowest BCUT2D eigenvalue weighted by Gasteiger charge is -2.08. The van der Waals surface area contributed by atoms with Gasteiger partial charge in [-0.05, 0) is 53.9 Å². The highest BCUT2D eigenvalue weighted by Crippen LogP contribution is 2.24. The first kappa shape index (κ1) is 21.0. The second kappa shape index (κ2) is 10.1. The normalized spacial score (nSPS) is 10.6. The highest BCUT2D eigenvalue weighted by atomic mass is 35.5. The zero-order valence-corrected chi connectivity index (χ0v) is 17.5. The fourth-order valence-corrected chi connectivity index (χ4v) is 3.55. The summed E-state index contributed by atoms with van der Waals surface area (Å²) < 4.78 is 1.69. The molecule has 3 rings (SSSR count). The number of hydrogen-bond acceptors (Lipinski definition) is 4. The molecule has 0 bridgehead atoms. The Morgan fingerprint density at radius 2 is 1.76 bits per heavy atom. The van der Waals surface area contributed by atoms with E-state index in [0.29, 0.717) is 17.0 Å². The molecule has 0 aliphatic heterocycles. The number of carbonyl (C=O) groups excluding carboxylic acids is 2. The van der Waals surface area contributed by atoms with Gasteiger partial charge in [-0.2, -0.15) is 5.10 Å². The van der Waals surface area contributed by atoms with E-state index in [1.807, 2.05) is 49.6 Å². The predicted octanol–water partition coefficient (Wildman–Crippen LogP) is 3.76. The Morgan fingerprint density at radius 1 is 1.03 bits per heavy atom. The fourth-order valence-electron chi connectivity index (χ4n) is 2.57. The van der Waals surface area contributed by atoms with Gasteiger partial charge in [0, 0.05) is 40.9 Å². The maximum Gasteiger partial charge on any atom is 0.269 e. The van der Waals surface area contributed by atoms with Crippen LogP contribution in [0.5, 0.6) is 0 Å². The monoisotopic (exact) mass is 428 g/mol. The van der Waals surface area contributed by atoms with Crippen LogP contribution in [0, 0.1) is 0 Å². The van der Waals surface area contributed by atoms with Crippen LogP contribution >= 0.6 is 23.4 Å². The molecule has 8 heteroatoms. The van der Waals surface area contributed by atoms with Gasteiger partial charge in [-0.15, -0.1) is 11.8 Å². The smallest absolute Gasteiger partial charge is 0.269 e. The van der Waals surface area contributed by atoms with Gasteiger partial charge in [0.15, 0.2) is 0 Å². The van der Waals surface area contributed by atoms with Crippen molar-refractivity contribution in [3.05, 3.63) is 82.6 Å². The van der Waals surface area contributed by atoms with E-state index in [0.717, 1.165) is 21.8 Å². The predicted molar refractivity (Wildman–Crippen MR) is 115 cm³/mol. The number of benzene rings is 2. The number of carbonyl (C=O) groups is 2. The van der Waals surface area contributed by atoms with Crippen LogP contribution in [-0.2, 0) is 24.0 Å². The lowest BCUT2D eigenvalue weighted by molar-refractivity contribution is -0.121. The Morgan fingerprint density at radius 3 is 2.41 bits per heavy atom. The van der Waals surface area contributed by atoms with Crippen molar-refractivity contribution in [1.82, 2.24) is 20.6 Å². The molecule has 0 unspecified atom stereocenters. The summed E-state index contributed by atoms with van der Waals surface area (Å²) in [5.74, 6) is 0.184. The van der Waals surface area contributed by atoms with Gasteiger partial charge in [0.25, 0.3) is 5.91 Å². The van der Waals surface area contributed by atoms with Crippen LogP contribution in [0.1, 0.15) is 27.9 Å². The number of rotatable bonds is 7. The lowest BCUT2D eigenvalue weighted by atomic mass is 10.1. The maximum absolute atomic E-state index is 12.2. The highest BCUT2D eigenvalue weighted by Gasteiger charge is 2.08. The molecule has 0 radical (unpaired) electrons. The Hall–Kier alpha value is -2.77. The minimum Gasteiger partial charge on any atom is -0.276 e. The molecule has 0 spiro atoms. The minimum absolute atomic E-state index is 0.252. The molecule has 1 heterocycles. The molecule has 29 heavy (non-hydrogen) atoms. The maximum atomic E-state index is 12.2. The third kappa shape index (κ3) is 6.66. The van der Waals surface area contributed by atoms with Crippen LogP contribution in [0.3, 0.4) is 0 Å². The van der Waals surface area contributed by atoms with Crippen molar-refractivity contribution in [1.29, 1.82) is 0 Å². The molecule has 0 saturated carbocycles. The van der Waals surface area contributed by atoms with Crippen LogP contribution < -0.4 is 10.9 Å². The zero-order valence-electron chi connectivity index (χ0n) is 15.9. The highest BCUT2D eigenvalue weighted by molar-refractivity contribution is 7.98. The van der Waals surface area contributed by atoms with Crippen molar-refractivity contribution in [3.8, 4) is 0 Å². The SMILES string of the molecule is Cn1cc(CCC(=O)NNC(=O)c2ccc(CSc3ccc(Cl)cc3)cc2)cn1. The average Bonchev–Trinajstić information content (AvgIpc) is 3.15. The van der Waals surface area contributed by atoms with Crippen LogP contribution in [0.2, 0.25) is 5.02 Å². The van der Waals surface area contributed by atoms with Gasteiger partial charge < -0.3 is 0 Å². The molecule has 0 aliphatic rings. The molecular formula is C21H21ClN4O2S. The van der Waals surface area contributed by atoms with Gasteiger partial charge in [-0.1, -0.05) is 23.7 Å². The van der Waals surface area contributed by atoms with E-state index in [2.05, 4.69) is 16.0 Å². The fraction of sp³-hybridized carbons (Fsp3) is 0.190. The van der Waals surface area contributed by atoms with Crippen molar-refractivity contribution in [2.45, 2.75) is 23.5 Å². The van der Waals surface area contributed by atoms with Gasteiger partial charge in [0.2, 0.25) is 5.91 Å². The summed E-state index contributed by atoms with van der Waals surface area (Å²) in [6.07, 6.45) is 4.42. The first-order valence-electron chi connectivity index (χ1n) is 9.03. The van der Waals surface area contributed by atoms with E-state index in [-0.39, 0.29) is 18.2 Å². The summed E-state index contributed by atoms with van der Waals surface area (Å²) in [7, 11) is 1.82. The van der Waals surface area contributed by atoms with Gasteiger partial charge in [0.1, 0.15) is 0 Å². The van der Waals surface area contributed by atoms with E-state index in [4.69, 9.17) is 11.6 Å². The van der Waals surface area contributed by atoms with E-state index in [9.17, 15) is 9.59 Å². The molecule has 0 aliphatic carbocycles. The molecule has 6 nitrogen and oxygen atoms in total. The van der Waals surface area contributed by atoms with Gasteiger partial charge in [0.05, 0.1) is 6.20 Å². The topological polar surface area (TPSA) is 76.0 Å². The zero-order chi connectivity index (χ0) is 20.6. The Kier molecular flexibility index (Phi) is 7.32. The molecule has 0 fully saturated rings. The number of hydrazine groups is 1. The lowest BCUT2D eigenvalue weighted by Crippen LogP contribution is -2.41. The van der Waals surface area contributed by atoms with Crippen LogP contribution in [0.4, 0.5) is 0 Å². The number of aryl methyl sites for hydroxylation is 2. The molecule has 1 aromatic heterocycles. The van der Waals surface area contributed by atoms with Crippen LogP contribution in [0.15, 0.2) is 65.8 Å². The first-order chi connectivity index (χ1) is 14.0. The molecule has 2 amide bonds. The van der Waals surface area contributed by atoms with Gasteiger partial charge in [-0.25, -0.2) is 0 Å². The van der Waals surface area contributed by atoms with Gasteiger partial charge in [-0.3, -0.25) is 25.1 Å². The standard InChI is InChI=1S/C21H21ClN4O2S/c1-26-13-16(12-23-26)4-11-20(27)24-25-21(28)17-5-2-15(3-6-17)14-29-19-9-7-18(22)8-10-19/h2-3,5-10,12-13H,4,11,14H2,1H3,(H,24,27)(H,25,28). The van der Waals surface area contributed by atoms with Crippen molar-refractivity contribution in [3.63, 3.8) is 0 Å². The van der Waals surface area contributed by atoms with Crippen LogP contribution in [0.25, 0.3) is 0 Å². The number of nitrogens with zero attached hydrogens (tertiary/aromatic N) is 2. The first-order valence-corrected chi connectivity index (χ1v) is 10.4. The Labute approximate surface area is 178 Å². The Balaban J connectivity index is 1.42. The molecule has 0 saturated heterocycles. The van der Waals surface area contributed by atoms with E-state index in [1.54, 1.807) is 34.8 Å². The van der Waals surface area contributed by atoms with Crippen LogP contribution in [-0.4, -0.2) is 21.6 Å². The number of thioether (sulfide) groups is 1. The van der Waals surface area contributed by atoms with Crippen molar-refractivity contribution < 1.29 is 9.59 Å². The second-order valence-electron chi connectivity index (χ2n) is 6.46. The van der Waals surface area contributed by atoms with Crippen molar-refractivity contribution >= 4 is 35.2 Å². The number of aromatic nitrogens is 2. The molecule has 2 aromatic carbocycles. The van der Waals surface area contributed by atoms with Gasteiger partial charge >= 0.3 is 0 Å². The van der Waals surface area contributed by atoms with E-state index < -0.39 is 0 Å². The third-order valence-corrected chi connectivity index (χ3v) is 5.48. The summed E-state index contributed by atoms with van der Waals surface area (Å²) >= 11 is 7.58. The Bertz CT molecular complexity index is 971. The minimum atomic E-state index is -0.350. The van der Waals surface area contributed by atoms with Crippen molar-refractivity contribution in [2.75, 3.05) is 0 Å². The molecule has 150 valence electrons. The third-order valence-electron chi connectivity index (χ3n) is 4.15. The quantitative estimate of drug-likeness (QED) is 0.443. The summed E-state index contributed by atoms with van der Waals surface area (Å²) in [6, 6.07) is 15.0. The van der Waals surface area contributed by atoms with E-state index >= 15 is 0 Å². The second-order valence-corrected chi connectivity index (χ2v) is 7.95. The summed E-state index contributed by atoms with van der Waals surface area (Å²) in [4.78, 5) is 25.2. The van der Waals surface area contributed by atoms with Crippen molar-refractivity contribution in [2.24, 2.45) is 7.05 Å². The molecular weight excluding hydrogens is 408 g/mol. The largest absolute Gasteiger partial charge is 0.276 e.